The maximum Gasteiger partial charge on any atom is 0.161 e. The Bertz CT molecular complexity index is 666. The Balaban J connectivity index is 2.02. The second kappa shape index (κ2) is 4.10. The first kappa shape index (κ1) is 10.7. The molecular weight excluding hydrogens is 226 g/mol. The fourth-order valence-corrected chi connectivity index (χ4v) is 1.92. The van der Waals surface area contributed by atoms with Crippen LogP contribution in [-0.4, -0.2) is 24.5 Å². The summed E-state index contributed by atoms with van der Waals surface area (Å²) in [6.45, 7) is 1.88. The van der Waals surface area contributed by atoms with Crippen molar-refractivity contribution in [3.8, 4) is 17.1 Å². The van der Waals surface area contributed by atoms with Gasteiger partial charge in [0.2, 0.25) is 0 Å². The predicted molar refractivity (Wildman–Crippen MR) is 68.3 cm³/mol. The lowest BCUT2D eigenvalue weighted by Gasteiger charge is -1.99. The zero-order valence-electron chi connectivity index (χ0n) is 10.3. The van der Waals surface area contributed by atoms with Gasteiger partial charge < -0.3 is 0 Å². The molecule has 0 bridgehead atoms. The van der Waals surface area contributed by atoms with Crippen molar-refractivity contribution in [2.75, 3.05) is 0 Å². The molecule has 0 radical (unpaired) electrons. The lowest BCUT2D eigenvalue weighted by atomic mass is 10.3. The quantitative estimate of drug-likeness (QED) is 0.687. The highest BCUT2D eigenvalue weighted by atomic mass is 15.3. The van der Waals surface area contributed by atoms with Gasteiger partial charge in [-0.15, -0.1) is 0 Å². The third kappa shape index (κ3) is 1.79. The van der Waals surface area contributed by atoms with Crippen molar-refractivity contribution in [2.24, 2.45) is 7.05 Å². The number of hydrogen-bond donors (Lipinski definition) is 0. The van der Waals surface area contributed by atoms with Crippen LogP contribution in [0.15, 0.2) is 42.7 Å². The summed E-state index contributed by atoms with van der Waals surface area (Å²) in [4.78, 5) is 4.39. The topological polar surface area (TPSA) is 48.5 Å². The molecule has 0 aliphatic rings. The smallest absolute Gasteiger partial charge is 0.161 e. The summed E-state index contributed by atoms with van der Waals surface area (Å²) in [5, 5.41) is 8.59. The maximum atomic E-state index is 4.39. The summed E-state index contributed by atoms with van der Waals surface area (Å²) in [6.07, 6.45) is 3.76. The molecule has 0 spiro atoms. The van der Waals surface area contributed by atoms with E-state index in [1.165, 1.54) is 0 Å². The molecule has 2 heterocycles. The molecule has 0 unspecified atom stereocenters. The Morgan fingerprint density at radius 1 is 1.11 bits per heavy atom. The molecular formula is C13H13N5. The van der Waals surface area contributed by atoms with E-state index < -0.39 is 0 Å². The highest BCUT2D eigenvalue weighted by molar-refractivity contribution is 5.53. The first-order chi connectivity index (χ1) is 8.74. The number of nitrogens with zero attached hydrogens (tertiary/aromatic N) is 5. The van der Waals surface area contributed by atoms with Crippen molar-refractivity contribution >= 4 is 0 Å². The summed E-state index contributed by atoms with van der Waals surface area (Å²) < 4.78 is 3.60. The van der Waals surface area contributed by atoms with E-state index in [2.05, 4.69) is 15.2 Å². The molecule has 0 fully saturated rings. The van der Waals surface area contributed by atoms with E-state index in [1.807, 2.05) is 55.2 Å². The normalized spacial score (nSPS) is 10.8. The Hall–Kier alpha value is -2.43. The Labute approximate surface area is 105 Å². The number of benzene rings is 1. The molecule has 3 rings (SSSR count). The highest BCUT2D eigenvalue weighted by Crippen LogP contribution is 2.17. The van der Waals surface area contributed by atoms with Crippen LogP contribution in [0, 0.1) is 6.92 Å². The zero-order valence-corrected chi connectivity index (χ0v) is 10.3. The average molecular weight is 239 g/mol. The molecule has 90 valence electrons. The van der Waals surface area contributed by atoms with Crippen molar-refractivity contribution in [3.05, 3.63) is 48.5 Å². The first-order valence-electron chi connectivity index (χ1n) is 5.72. The van der Waals surface area contributed by atoms with Crippen LogP contribution < -0.4 is 0 Å². The molecule has 2 aromatic heterocycles. The predicted octanol–water partition coefficient (Wildman–Crippen LogP) is 1.98. The van der Waals surface area contributed by atoms with E-state index in [-0.39, 0.29) is 0 Å². The van der Waals surface area contributed by atoms with Crippen molar-refractivity contribution in [1.29, 1.82) is 0 Å². The van der Waals surface area contributed by atoms with E-state index in [9.17, 15) is 0 Å². The second-order valence-corrected chi connectivity index (χ2v) is 4.12. The van der Waals surface area contributed by atoms with Gasteiger partial charge in [0.25, 0.3) is 0 Å². The van der Waals surface area contributed by atoms with Gasteiger partial charge >= 0.3 is 0 Å². The van der Waals surface area contributed by atoms with Gasteiger partial charge in [-0.2, -0.15) is 10.2 Å². The zero-order chi connectivity index (χ0) is 12.5. The van der Waals surface area contributed by atoms with E-state index in [4.69, 9.17) is 0 Å². The SMILES string of the molecule is Cc1nc(-c2cnn(-c3ccccc3)c2)n(C)n1. The Morgan fingerprint density at radius 2 is 1.89 bits per heavy atom. The molecule has 18 heavy (non-hydrogen) atoms. The third-order valence-electron chi connectivity index (χ3n) is 2.73. The Kier molecular flexibility index (Phi) is 2.44. The second-order valence-electron chi connectivity index (χ2n) is 4.12. The minimum absolute atomic E-state index is 0.764. The number of aromatic nitrogens is 5. The van der Waals surface area contributed by atoms with Crippen LogP contribution in [-0.2, 0) is 7.05 Å². The van der Waals surface area contributed by atoms with Gasteiger partial charge in [0, 0.05) is 13.2 Å². The summed E-state index contributed by atoms with van der Waals surface area (Å²) >= 11 is 0. The van der Waals surface area contributed by atoms with E-state index >= 15 is 0 Å². The van der Waals surface area contributed by atoms with Gasteiger partial charge in [0.05, 0.1) is 17.4 Å². The van der Waals surface area contributed by atoms with Gasteiger partial charge in [-0.25, -0.2) is 14.3 Å². The van der Waals surface area contributed by atoms with Crippen molar-refractivity contribution in [3.63, 3.8) is 0 Å². The number of hydrogen-bond acceptors (Lipinski definition) is 3. The summed E-state index contributed by atoms with van der Waals surface area (Å²) in [6, 6.07) is 9.99. The van der Waals surface area contributed by atoms with Crippen LogP contribution in [0.25, 0.3) is 17.1 Å². The molecule has 0 saturated carbocycles. The minimum atomic E-state index is 0.764. The number of aryl methyl sites for hydroxylation is 2. The minimum Gasteiger partial charge on any atom is -0.249 e. The lowest BCUT2D eigenvalue weighted by molar-refractivity contribution is 0.764. The molecule has 0 aliphatic heterocycles. The lowest BCUT2D eigenvalue weighted by Crippen LogP contribution is -1.94. The first-order valence-corrected chi connectivity index (χ1v) is 5.72. The van der Waals surface area contributed by atoms with Gasteiger partial charge in [-0.3, -0.25) is 0 Å². The van der Waals surface area contributed by atoms with Crippen molar-refractivity contribution < 1.29 is 0 Å². The largest absolute Gasteiger partial charge is 0.249 e. The molecule has 0 atom stereocenters. The fourth-order valence-electron chi connectivity index (χ4n) is 1.92. The monoisotopic (exact) mass is 239 g/mol. The van der Waals surface area contributed by atoms with Crippen LogP contribution in [0.1, 0.15) is 5.82 Å². The van der Waals surface area contributed by atoms with Crippen LogP contribution in [0.5, 0.6) is 0 Å². The molecule has 5 heteroatoms. The van der Waals surface area contributed by atoms with E-state index in [0.29, 0.717) is 0 Å². The van der Waals surface area contributed by atoms with Gasteiger partial charge in [0.1, 0.15) is 5.82 Å². The third-order valence-corrected chi connectivity index (χ3v) is 2.73. The van der Waals surface area contributed by atoms with Crippen LogP contribution in [0.2, 0.25) is 0 Å². The summed E-state index contributed by atoms with van der Waals surface area (Å²) in [5.74, 6) is 1.59. The van der Waals surface area contributed by atoms with Gasteiger partial charge in [-0.05, 0) is 19.1 Å². The molecule has 1 aromatic carbocycles. The van der Waals surface area contributed by atoms with E-state index in [0.717, 1.165) is 22.9 Å². The summed E-state index contributed by atoms with van der Waals surface area (Å²) in [7, 11) is 1.88. The summed E-state index contributed by atoms with van der Waals surface area (Å²) in [5.41, 5.74) is 1.99. The molecule has 3 aromatic rings. The van der Waals surface area contributed by atoms with Crippen molar-refractivity contribution in [2.45, 2.75) is 6.92 Å². The molecule has 0 N–H and O–H groups in total. The van der Waals surface area contributed by atoms with Crippen LogP contribution in [0.4, 0.5) is 0 Å². The van der Waals surface area contributed by atoms with Crippen LogP contribution >= 0.6 is 0 Å². The van der Waals surface area contributed by atoms with Crippen LogP contribution in [0.3, 0.4) is 0 Å². The maximum absolute atomic E-state index is 4.39. The van der Waals surface area contributed by atoms with E-state index in [1.54, 1.807) is 10.9 Å². The molecule has 0 saturated heterocycles. The van der Waals surface area contributed by atoms with Gasteiger partial charge in [-0.1, -0.05) is 18.2 Å². The number of para-hydroxylation sites is 1. The van der Waals surface area contributed by atoms with Gasteiger partial charge in [0.15, 0.2) is 5.82 Å². The standard InChI is InChI=1S/C13H13N5/c1-10-15-13(17(2)16-10)11-8-14-18(9-11)12-6-4-3-5-7-12/h3-9H,1-2H3. The number of rotatable bonds is 2. The molecule has 5 nitrogen and oxygen atoms in total. The molecule has 0 aliphatic carbocycles. The molecule has 0 amide bonds. The Morgan fingerprint density at radius 3 is 2.56 bits per heavy atom. The van der Waals surface area contributed by atoms with Crippen molar-refractivity contribution in [1.82, 2.24) is 24.5 Å². The average Bonchev–Trinajstić information content (AvgIpc) is 2.97. The fraction of sp³-hybridized carbons (Fsp3) is 0.154. The highest BCUT2D eigenvalue weighted by Gasteiger charge is 2.09.